The van der Waals surface area contributed by atoms with Crippen molar-refractivity contribution in [2.75, 3.05) is 11.9 Å². The molecule has 1 heterocycles. The summed E-state index contributed by atoms with van der Waals surface area (Å²) in [6.45, 7) is 2.54. The Labute approximate surface area is 94.5 Å². The van der Waals surface area contributed by atoms with Gasteiger partial charge in [-0.25, -0.2) is 4.98 Å². The summed E-state index contributed by atoms with van der Waals surface area (Å²) in [4.78, 5) is 18.5. The second-order valence-electron chi connectivity index (χ2n) is 3.89. The highest BCUT2D eigenvalue weighted by atomic mass is 16.1. The first kappa shape index (κ1) is 10.7. The third-order valence-corrected chi connectivity index (χ3v) is 2.46. The van der Waals surface area contributed by atoms with E-state index in [9.17, 15) is 4.79 Å². The van der Waals surface area contributed by atoms with Crippen molar-refractivity contribution in [3.63, 3.8) is 0 Å². The third-order valence-electron chi connectivity index (χ3n) is 2.46. The van der Waals surface area contributed by atoms with Crippen LogP contribution in [0.15, 0.2) is 10.9 Å². The van der Waals surface area contributed by atoms with Gasteiger partial charge in [-0.3, -0.25) is 4.79 Å². The Morgan fingerprint density at radius 2 is 2.44 bits per heavy atom. The van der Waals surface area contributed by atoms with E-state index in [0.717, 1.165) is 31.6 Å². The van der Waals surface area contributed by atoms with Crippen molar-refractivity contribution >= 4 is 5.82 Å². The number of aromatic nitrogens is 2. The molecular weight excluding hydrogens is 202 g/mol. The molecule has 1 aromatic heterocycles. The number of hydrogen-bond acceptors (Lipinski definition) is 3. The number of hydrogen-bond donors (Lipinski definition) is 2. The molecule has 2 rings (SSSR count). The van der Waals surface area contributed by atoms with Gasteiger partial charge in [0.25, 0.3) is 5.56 Å². The van der Waals surface area contributed by atoms with Crippen molar-refractivity contribution in [2.24, 2.45) is 0 Å². The van der Waals surface area contributed by atoms with E-state index in [0.29, 0.717) is 11.7 Å². The predicted octanol–water partition coefficient (Wildman–Crippen LogP) is 1.47. The van der Waals surface area contributed by atoms with Gasteiger partial charge < -0.3 is 10.3 Å². The molecule has 16 heavy (non-hydrogen) atoms. The lowest BCUT2D eigenvalue weighted by Gasteiger charge is -2.04. The molecule has 1 fully saturated rings. The molecule has 1 saturated carbocycles. The van der Waals surface area contributed by atoms with Gasteiger partial charge in [0.2, 0.25) is 0 Å². The maximum absolute atomic E-state index is 11.4. The summed E-state index contributed by atoms with van der Waals surface area (Å²) >= 11 is 0. The maximum atomic E-state index is 11.4. The van der Waals surface area contributed by atoms with Crippen molar-refractivity contribution in [1.29, 1.82) is 0 Å². The molecule has 1 aromatic rings. The molecule has 1 aliphatic carbocycles. The normalized spacial score (nSPS) is 14.1. The number of aromatic amines is 1. The molecule has 84 valence electrons. The maximum Gasteiger partial charge on any atom is 0.252 e. The molecule has 1 aliphatic rings. The van der Waals surface area contributed by atoms with E-state index in [1.165, 1.54) is 6.07 Å². The van der Waals surface area contributed by atoms with Crippen LogP contribution in [-0.4, -0.2) is 16.5 Å². The van der Waals surface area contributed by atoms with Gasteiger partial charge >= 0.3 is 0 Å². The predicted molar refractivity (Wildman–Crippen MR) is 63.4 cm³/mol. The smallest absolute Gasteiger partial charge is 0.252 e. The van der Waals surface area contributed by atoms with E-state index in [1.54, 1.807) is 0 Å². The average Bonchev–Trinajstić information content (AvgIpc) is 3.07. The van der Waals surface area contributed by atoms with Gasteiger partial charge in [-0.15, -0.1) is 11.8 Å². The van der Waals surface area contributed by atoms with Crippen LogP contribution in [0, 0.1) is 11.8 Å². The highest BCUT2D eigenvalue weighted by molar-refractivity contribution is 5.34. The van der Waals surface area contributed by atoms with Gasteiger partial charge in [0.1, 0.15) is 11.6 Å². The fourth-order valence-corrected chi connectivity index (χ4v) is 1.50. The van der Waals surface area contributed by atoms with E-state index in [1.807, 2.05) is 6.92 Å². The molecule has 0 atom stereocenters. The first-order valence-corrected chi connectivity index (χ1v) is 5.54. The standard InChI is InChI=1S/C12H15N3O/c1-2-3-4-7-13-10-8-11(16)15-12(14-10)9-5-6-9/h8-9H,4-7H2,1H3,(H2,13,14,15,16). The molecule has 0 aromatic carbocycles. The molecule has 0 saturated heterocycles. The van der Waals surface area contributed by atoms with Crippen LogP contribution in [0.5, 0.6) is 0 Å². The topological polar surface area (TPSA) is 57.8 Å². The molecule has 4 nitrogen and oxygen atoms in total. The Bertz CT molecular complexity index is 477. The van der Waals surface area contributed by atoms with Crippen LogP contribution in [-0.2, 0) is 0 Å². The zero-order valence-corrected chi connectivity index (χ0v) is 9.34. The molecule has 0 bridgehead atoms. The van der Waals surface area contributed by atoms with Crippen molar-refractivity contribution in [1.82, 2.24) is 9.97 Å². The Hall–Kier alpha value is -1.76. The van der Waals surface area contributed by atoms with Crippen LogP contribution in [0.1, 0.15) is 37.9 Å². The van der Waals surface area contributed by atoms with Gasteiger partial charge in [0.15, 0.2) is 0 Å². The Kier molecular flexibility index (Phi) is 3.25. The Morgan fingerprint density at radius 3 is 3.12 bits per heavy atom. The second kappa shape index (κ2) is 4.84. The van der Waals surface area contributed by atoms with E-state index in [4.69, 9.17) is 0 Å². The van der Waals surface area contributed by atoms with Crippen LogP contribution in [0.25, 0.3) is 0 Å². The Morgan fingerprint density at radius 1 is 1.62 bits per heavy atom. The van der Waals surface area contributed by atoms with Crippen LogP contribution >= 0.6 is 0 Å². The lowest BCUT2D eigenvalue weighted by molar-refractivity contribution is 0.903. The van der Waals surface area contributed by atoms with Crippen molar-refractivity contribution < 1.29 is 0 Å². The van der Waals surface area contributed by atoms with Gasteiger partial charge in [-0.2, -0.15) is 0 Å². The molecule has 0 unspecified atom stereocenters. The van der Waals surface area contributed by atoms with E-state index in [2.05, 4.69) is 27.1 Å². The molecule has 0 radical (unpaired) electrons. The number of H-pyrrole nitrogens is 1. The summed E-state index contributed by atoms with van der Waals surface area (Å²) in [5.74, 6) is 7.72. The number of nitrogens with one attached hydrogen (secondary N) is 2. The van der Waals surface area contributed by atoms with Crippen molar-refractivity contribution in [3.8, 4) is 11.8 Å². The minimum Gasteiger partial charge on any atom is -0.369 e. The third kappa shape index (κ3) is 2.86. The second-order valence-corrected chi connectivity index (χ2v) is 3.89. The van der Waals surface area contributed by atoms with Crippen LogP contribution in [0.3, 0.4) is 0 Å². The molecular formula is C12H15N3O. The zero-order chi connectivity index (χ0) is 11.4. The number of anilines is 1. The Balaban J connectivity index is 2.01. The molecule has 2 N–H and O–H groups in total. The van der Waals surface area contributed by atoms with Crippen molar-refractivity contribution in [3.05, 3.63) is 22.2 Å². The highest BCUT2D eigenvalue weighted by Crippen LogP contribution is 2.37. The summed E-state index contributed by atoms with van der Waals surface area (Å²) in [6.07, 6.45) is 3.03. The average molecular weight is 217 g/mol. The quantitative estimate of drug-likeness (QED) is 0.593. The molecule has 0 spiro atoms. The molecule has 0 amide bonds. The van der Waals surface area contributed by atoms with Crippen LogP contribution in [0.4, 0.5) is 5.82 Å². The first-order valence-electron chi connectivity index (χ1n) is 5.54. The van der Waals surface area contributed by atoms with Gasteiger partial charge in [0.05, 0.1) is 0 Å². The van der Waals surface area contributed by atoms with E-state index < -0.39 is 0 Å². The summed E-state index contributed by atoms with van der Waals surface area (Å²) in [6, 6.07) is 1.49. The number of nitrogens with zero attached hydrogens (tertiary/aromatic N) is 1. The van der Waals surface area contributed by atoms with Crippen molar-refractivity contribution in [2.45, 2.75) is 32.1 Å². The van der Waals surface area contributed by atoms with Crippen LogP contribution in [0.2, 0.25) is 0 Å². The monoisotopic (exact) mass is 217 g/mol. The van der Waals surface area contributed by atoms with E-state index >= 15 is 0 Å². The summed E-state index contributed by atoms with van der Waals surface area (Å²) in [5, 5.41) is 3.11. The fraction of sp³-hybridized carbons (Fsp3) is 0.500. The minimum absolute atomic E-state index is 0.0824. The highest BCUT2D eigenvalue weighted by Gasteiger charge is 2.26. The SMILES string of the molecule is CC#CCCNc1cc(=O)[nH]c(C2CC2)n1. The minimum atomic E-state index is -0.0824. The van der Waals surface area contributed by atoms with Gasteiger partial charge in [-0.05, 0) is 19.8 Å². The lowest BCUT2D eigenvalue weighted by atomic mass is 10.3. The van der Waals surface area contributed by atoms with E-state index in [-0.39, 0.29) is 5.56 Å². The lowest BCUT2D eigenvalue weighted by Crippen LogP contribution is -2.13. The molecule has 4 heteroatoms. The first-order chi connectivity index (χ1) is 7.79. The van der Waals surface area contributed by atoms with Gasteiger partial charge in [-0.1, -0.05) is 0 Å². The summed E-state index contributed by atoms with van der Waals surface area (Å²) in [7, 11) is 0. The summed E-state index contributed by atoms with van der Waals surface area (Å²) < 4.78 is 0. The molecule has 0 aliphatic heterocycles. The van der Waals surface area contributed by atoms with Gasteiger partial charge in [0, 0.05) is 24.9 Å². The summed E-state index contributed by atoms with van der Waals surface area (Å²) in [5.41, 5.74) is -0.0824. The largest absolute Gasteiger partial charge is 0.369 e. The number of rotatable bonds is 4. The fourth-order valence-electron chi connectivity index (χ4n) is 1.50. The zero-order valence-electron chi connectivity index (χ0n) is 9.34. The van der Waals surface area contributed by atoms with Crippen LogP contribution < -0.4 is 10.9 Å².